The number of halogens is 3. The maximum Gasteiger partial charge on any atom is 0.472 e. The van der Waals surface area contributed by atoms with Gasteiger partial charge in [0.25, 0.3) is 0 Å². The maximum absolute atomic E-state index is 12.3. The van der Waals surface area contributed by atoms with Crippen LogP contribution in [0, 0.1) is 0 Å². The van der Waals surface area contributed by atoms with Crippen molar-refractivity contribution in [1.82, 2.24) is 10.4 Å². The summed E-state index contributed by atoms with van der Waals surface area (Å²) in [5.74, 6) is -3.09. The topological polar surface area (TPSA) is 58.6 Å². The highest BCUT2D eigenvalue weighted by molar-refractivity contribution is 5.84. The molecular weight excluding hydrogens is 289 g/mol. The number of hydrogen-bond acceptors (Lipinski definition) is 4. The molecule has 1 amide bonds. The number of ether oxygens (including phenoxy) is 1. The number of carbonyl (C=O) groups excluding carboxylic acids is 2. The molecule has 2 heterocycles. The Morgan fingerprint density at radius 2 is 1.95 bits per heavy atom. The molecule has 0 aromatic heterocycles. The van der Waals surface area contributed by atoms with Crippen LogP contribution in [0.5, 0.6) is 0 Å². The third-order valence-electron chi connectivity index (χ3n) is 3.65. The van der Waals surface area contributed by atoms with E-state index in [-0.39, 0.29) is 12.5 Å². The van der Waals surface area contributed by atoms with Crippen LogP contribution in [0.4, 0.5) is 13.2 Å². The van der Waals surface area contributed by atoms with Gasteiger partial charge in [0, 0.05) is 0 Å². The molecule has 2 fully saturated rings. The third kappa shape index (κ3) is 2.35. The van der Waals surface area contributed by atoms with Crippen LogP contribution in [-0.4, -0.2) is 41.8 Å². The number of hydrazine groups is 1. The first-order valence-corrected chi connectivity index (χ1v) is 6.28. The van der Waals surface area contributed by atoms with Crippen molar-refractivity contribution in [2.45, 2.75) is 24.2 Å². The van der Waals surface area contributed by atoms with Gasteiger partial charge in [0.1, 0.15) is 12.1 Å². The molecule has 21 heavy (non-hydrogen) atoms. The Morgan fingerprint density at radius 3 is 2.57 bits per heavy atom. The Kier molecular flexibility index (Phi) is 3.12. The fourth-order valence-corrected chi connectivity index (χ4v) is 2.80. The van der Waals surface area contributed by atoms with E-state index in [1.165, 1.54) is 0 Å². The minimum Gasteiger partial charge on any atom is -0.459 e. The first kappa shape index (κ1) is 13.9. The van der Waals surface area contributed by atoms with Crippen LogP contribution < -0.4 is 5.43 Å². The van der Waals surface area contributed by atoms with Crippen molar-refractivity contribution in [3.63, 3.8) is 0 Å². The van der Waals surface area contributed by atoms with Gasteiger partial charge in [0.2, 0.25) is 0 Å². The van der Waals surface area contributed by atoms with Crippen LogP contribution in [-0.2, 0) is 14.3 Å². The van der Waals surface area contributed by atoms with Crippen molar-refractivity contribution < 1.29 is 27.5 Å². The summed E-state index contributed by atoms with van der Waals surface area (Å²) >= 11 is 0. The van der Waals surface area contributed by atoms with E-state index in [2.05, 4.69) is 0 Å². The summed E-state index contributed by atoms with van der Waals surface area (Å²) in [6.07, 6.45) is -5.55. The Bertz CT molecular complexity index is 576. The lowest BCUT2D eigenvalue weighted by atomic mass is 9.92. The van der Waals surface area contributed by atoms with Crippen molar-refractivity contribution >= 4 is 11.9 Å². The third-order valence-corrected chi connectivity index (χ3v) is 3.65. The Balaban J connectivity index is 1.82. The summed E-state index contributed by atoms with van der Waals surface area (Å²) in [7, 11) is 0. The van der Waals surface area contributed by atoms with Gasteiger partial charge in [-0.1, -0.05) is 30.3 Å². The molecular formula is C13H11F3N2O3. The van der Waals surface area contributed by atoms with Crippen LogP contribution in [0.3, 0.4) is 0 Å². The summed E-state index contributed by atoms with van der Waals surface area (Å²) in [6.45, 7) is 0.0395. The average molecular weight is 300 g/mol. The number of morpholine rings is 1. The highest BCUT2D eigenvalue weighted by Crippen LogP contribution is 2.41. The van der Waals surface area contributed by atoms with Crippen molar-refractivity contribution in [2.75, 3.05) is 6.54 Å². The summed E-state index contributed by atoms with van der Waals surface area (Å²) in [6, 6.07) is 7.98. The number of nitrogens with zero attached hydrogens (tertiary/aromatic N) is 1. The van der Waals surface area contributed by atoms with E-state index >= 15 is 0 Å². The zero-order chi connectivity index (χ0) is 15.2. The molecule has 2 bridgehead atoms. The maximum atomic E-state index is 12.3. The second-order valence-corrected chi connectivity index (χ2v) is 4.95. The zero-order valence-electron chi connectivity index (χ0n) is 10.6. The van der Waals surface area contributed by atoms with Gasteiger partial charge in [-0.15, -0.1) is 0 Å². The second kappa shape index (κ2) is 4.73. The van der Waals surface area contributed by atoms with E-state index in [9.17, 15) is 22.8 Å². The molecule has 2 aliphatic rings. The highest BCUT2D eigenvalue weighted by Gasteiger charge is 2.57. The van der Waals surface area contributed by atoms with E-state index in [1.807, 2.05) is 0 Å². The lowest BCUT2D eigenvalue weighted by Gasteiger charge is -2.26. The number of rotatable bonds is 2. The average Bonchev–Trinajstić information content (AvgIpc) is 2.92. The lowest BCUT2D eigenvalue weighted by molar-refractivity contribution is -0.181. The molecule has 0 radical (unpaired) electrons. The zero-order valence-corrected chi connectivity index (χ0v) is 10.6. The number of alkyl halides is 3. The molecule has 0 spiro atoms. The van der Waals surface area contributed by atoms with Crippen LogP contribution in [0.2, 0.25) is 0 Å². The SMILES string of the molecule is O=C1O[C@H]2CN(NC(=O)C(F)(F)F)[C@@H]1[C@H]2c1ccccc1. The molecule has 2 aliphatic heterocycles. The van der Waals surface area contributed by atoms with Gasteiger partial charge in [0.15, 0.2) is 0 Å². The van der Waals surface area contributed by atoms with E-state index in [4.69, 9.17) is 4.74 Å². The Morgan fingerprint density at radius 1 is 1.29 bits per heavy atom. The molecule has 1 aromatic carbocycles. The van der Waals surface area contributed by atoms with E-state index in [0.29, 0.717) is 0 Å². The van der Waals surface area contributed by atoms with E-state index < -0.39 is 30.2 Å². The van der Waals surface area contributed by atoms with Crippen molar-refractivity contribution in [2.24, 2.45) is 0 Å². The lowest BCUT2D eigenvalue weighted by Crippen LogP contribution is -2.54. The van der Waals surface area contributed by atoms with Crippen LogP contribution in [0.1, 0.15) is 11.5 Å². The quantitative estimate of drug-likeness (QED) is 0.827. The van der Waals surface area contributed by atoms with Gasteiger partial charge in [-0.3, -0.25) is 15.0 Å². The van der Waals surface area contributed by atoms with Gasteiger partial charge in [-0.25, -0.2) is 5.01 Å². The summed E-state index contributed by atoms with van der Waals surface area (Å²) in [5.41, 5.74) is 2.54. The first-order chi connectivity index (χ1) is 9.88. The first-order valence-electron chi connectivity index (χ1n) is 6.28. The predicted molar refractivity (Wildman–Crippen MR) is 63.8 cm³/mol. The second-order valence-electron chi connectivity index (χ2n) is 4.95. The largest absolute Gasteiger partial charge is 0.472 e. The molecule has 8 heteroatoms. The molecule has 0 unspecified atom stereocenters. The van der Waals surface area contributed by atoms with Crippen LogP contribution in [0.15, 0.2) is 30.3 Å². The number of esters is 1. The van der Waals surface area contributed by atoms with Gasteiger partial charge in [0.05, 0.1) is 12.5 Å². The molecule has 3 rings (SSSR count). The standard InChI is InChI=1S/C13H11F3N2O3/c14-13(15,16)12(20)17-18-6-8-9(10(18)11(19)21-8)7-4-2-1-3-5-7/h1-5,8-10H,6H2,(H,17,20)/t8-,9-,10+/m0/s1. The van der Waals surface area contributed by atoms with Crippen molar-refractivity contribution in [3.8, 4) is 0 Å². The Labute approximate surface area is 117 Å². The van der Waals surface area contributed by atoms with Crippen LogP contribution >= 0.6 is 0 Å². The number of carbonyl (C=O) groups is 2. The molecule has 112 valence electrons. The fourth-order valence-electron chi connectivity index (χ4n) is 2.80. The van der Waals surface area contributed by atoms with Gasteiger partial charge in [-0.05, 0) is 5.56 Å². The predicted octanol–water partition coefficient (Wildman–Crippen LogP) is 0.973. The summed E-state index contributed by atoms with van der Waals surface area (Å²) in [5, 5.41) is 1.02. The monoisotopic (exact) mass is 300 g/mol. The molecule has 5 nitrogen and oxygen atoms in total. The normalized spacial score (nSPS) is 28.5. The summed E-state index contributed by atoms with van der Waals surface area (Å²) in [4.78, 5) is 22.8. The molecule has 1 N–H and O–H groups in total. The number of nitrogens with one attached hydrogen (secondary N) is 1. The minimum atomic E-state index is -4.99. The number of amides is 1. The Hall–Kier alpha value is -2.09. The number of fused-ring (bicyclic) bond motifs is 2. The molecule has 0 saturated carbocycles. The molecule has 3 atom stereocenters. The molecule has 2 saturated heterocycles. The number of benzene rings is 1. The van der Waals surface area contributed by atoms with Crippen molar-refractivity contribution in [1.29, 1.82) is 0 Å². The number of hydrogen-bond donors (Lipinski definition) is 1. The van der Waals surface area contributed by atoms with Crippen molar-refractivity contribution in [3.05, 3.63) is 35.9 Å². The van der Waals surface area contributed by atoms with E-state index in [0.717, 1.165) is 10.6 Å². The molecule has 0 aliphatic carbocycles. The van der Waals surface area contributed by atoms with Gasteiger partial charge in [-0.2, -0.15) is 13.2 Å². The minimum absolute atomic E-state index is 0.0395. The summed E-state index contributed by atoms with van der Waals surface area (Å²) < 4.78 is 42.0. The van der Waals surface area contributed by atoms with E-state index in [1.54, 1.807) is 35.8 Å². The smallest absolute Gasteiger partial charge is 0.459 e. The van der Waals surface area contributed by atoms with Gasteiger partial charge >= 0.3 is 18.1 Å². The highest BCUT2D eigenvalue weighted by atomic mass is 19.4. The van der Waals surface area contributed by atoms with Gasteiger partial charge < -0.3 is 4.74 Å². The van der Waals surface area contributed by atoms with Crippen LogP contribution in [0.25, 0.3) is 0 Å². The molecule has 1 aromatic rings. The fraction of sp³-hybridized carbons (Fsp3) is 0.385.